The minimum Gasteiger partial charge on any atom is -0.508 e. The Morgan fingerprint density at radius 1 is 1.20 bits per heavy atom. The van der Waals surface area contributed by atoms with Gasteiger partial charge in [0.15, 0.2) is 6.10 Å². The van der Waals surface area contributed by atoms with Gasteiger partial charge in [0.2, 0.25) is 0 Å². The minimum atomic E-state index is -5.08. The second-order valence-electron chi connectivity index (χ2n) is 7.19. The Hall–Kier alpha value is -2.37. The van der Waals surface area contributed by atoms with Crippen LogP contribution in [0.5, 0.6) is 5.75 Å². The van der Waals surface area contributed by atoms with Gasteiger partial charge in [0.25, 0.3) is 5.91 Å². The first-order chi connectivity index (χ1) is 13.8. The third kappa shape index (κ3) is 6.85. The number of aliphatic hydroxyl groups excluding tert-OH is 2. The normalized spacial score (nSPS) is 17.0. The maximum Gasteiger partial charge on any atom is 0.490 e. The summed E-state index contributed by atoms with van der Waals surface area (Å²) in [6, 6.07) is 3.39. The fourth-order valence-corrected chi connectivity index (χ4v) is 3.11. The number of carbonyl (C=O) groups excluding carboxylic acids is 1. The molecule has 0 spiro atoms. The highest BCUT2D eigenvalue weighted by Crippen LogP contribution is 2.34. The molecule has 1 heterocycles. The van der Waals surface area contributed by atoms with Crippen molar-refractivity contribution >= 4 is 11.9 Å². The lowest BCUT2D eigenvalue weighted by Crippen LogP contribution is -2.46. The Bertz CT molecular complexity index is 749. The number of carbonyl (C=O) groups is 2. The first kappa shape index (κ1) is 25.7. The highest BCUT2D eigenvalue weighted by molar-refractivity contribution is 5.80. The molecule has 0 radical (unpaired) electrons. The smallest absolute Gasteiger partial charge is 0.490 e. The van der Waals surface area contributed by atoms with Crippen molar-refractivity contribution in [3.05, 3.63) is 28.8 Å². The number of aliphatic hydroxyl groups is 2. The molecule has 1 amide bonds. The van der Waals surface area contributed by atoms with Crippen LogP contribution < -0.4 is 5.73 Å². The average Bonchev–Trinajstić information content (AvgIpc) is 2.69. The number of aryl methyl sites for hydroxylation is 2. The van der Waals surface area contributed by atoms with Gasteiger partial charge in [-0.05, 0) is 49.8 Å². The van der Waals surface area contributed by atoms with E-state index in [-0.39, 0.29) is 17.7 Å². The SMILES string of the molecule is Cc1cc(O)c(C(N)C2CCN(C(=O)C(O)CO)CC2)cc1C.O=C(O)C(F)(F)F. The van der Waals surface area contributed by atoms with E-state index in [0.717, 1.165) is 16.7 Å². The third-order valence-electron chi connectivity index (χ3n) is 5.06. The van der Waals surface area contributed by atoms with Gasteiger partial charge in [-0.1, -0.05) is 6.07 Å². The van der Waals surface area contributed by atoms with Crippen molar-refractivity contribution in [2.75, 3.05) is 19.7 Å². The highest BCUT2D eigenvalue weighted by Gasteiger charge is 2.38. The molecule has 1 aromatic carbocycles. The molecule has 6 N–H and O–H groups in total. The van der Waals surface area contributed by atoms with Crippen LogP contribution in [-0.4, -0.2) is 69.2 Å². The first-order valence-corrected chi connectivity index (χ1v) is 9.23. The molecule has 30 heavy (non-hydrogen) atoms. The topological polar surface area (TPSA) is 144 Å². The lowest BCUT2D eigenvalue weighted by molar-refractivity contribution is -0.192. The van der Waals surface area contributed by atoms with Crippen LogP contribution in [0.1, 0.15) is 35.6 Å². The number of benzene rings is 1. The van der Waals surface area contributed by atoms with Gasteiger partial charge in [0.1, 0.15) is 5.75 Å². The summed E-state index contributed by atoms with van der Waals surface area (Å²) in [6.07, 6.45) is -5.02. The predicted molar refractivity (Wildman–Crippen MR) is 101 cm³/mol. The van der Waals surface area contributed by atoms with E-state index >= 15 is 0 Å². The van der Waals surface area contributed by atoms with Crippen molar-refractivity contribution < 1.29 is 43.2 Å². The van der Waals surface area contributed by atoms with Crippen LogP contribution in [0.4, 0.5) is 13.2 Å². The molecule has 170 valence electrons. The number of phenolic OH excluding ortho intramolecular Hbond substituents is 1. The van der Waals surface area contributed by atoms with E-state index in [1.807, 2.05) is 19.9 Å². The number of carboxylic acid groups (broad SMARTS) is 1. The molecule has 1 saturated heterocycles. The molecular formula is C19H27F3N2O6. The summed E-state index contributed by atoms with van der Waals surface area (Å²) < 4.78 is 31.7. The number of amides is 1. The van der Waals surface area contributed by atoms with Gasteiger partial charge >= 0.3 is 12.1 Å². The number of nitrogens with two attached hydrogens (primary N) is 1. The molecule has 0 bridgehead atoms. The molecule has 1 aliphatic heterocycles. The van der Waals surface area contributed by atoms with Crippen LogP contribution in [0.15, 0.2) is 12.1 Å². The van der Waals surface area contributed by atoms with Crippen LogP contribution in [0.3, 0.4) is 0 Å². The molecule has 11 heteroatoms. The van der Waals surface area contributed by atoms with Gasteiger partial charge in [-0.15, -0.1) is 0 Å². The van der Waals surface area contributed by atoms with E-state index in [1.165, 1.54) is 0 Å². The van der Waals surface area contributed by atoms with Crippen LogP contribution in [0.2, 0.25) is 0 Å². The van der Waals surface area contributed by atoms with E-state index in [1.54, 1.807) is 11.0 Å². The number of aromatic hydroxyl groups is 1. The number of phenols is 1. The number of rotatable bonds is 4. The predicted octanol–water partition coefficient (Wildman–Crippen LogP) is 1.23. The van der Waals surface area contributed by atoms with Gasteiger partial charge in [-0.2, -0.15) is 13.2 Å². The number of hydrogen-bond acceptors (Lipinski definition) is 6. The fraction of sp³-hybridized carbons (Fsp3) is 0.579. The van der Waals surface area contributed by atoms with Crippen molar-refractivity contribution in [1.82, 2.24) is 4.90 Å². The zero-order chi connectivity index (χ0) is 23.2. The summed E-state index contributed by atoms with van der Waals surface area (Å²) in [7, 11) is 0. The van der Waals surface area contributed by atoms with Crippen LogP contribution in [0.25, 0.3) is 0 Å². The van der Waals surface area contributed by atoms with Crippen LogP contribution >= 0.6 is 0 Å². The number of aliphatic carboxylic acids is 1. The van der Waals surface area contributed by atoms with Gasteiger partial charge in [0.05, 0.1) is 6.61 Å². The minimum absolute atomic E-state index is 0.165. The molecule has 0 aliphatic carbocycles. The van der Waals surface area contributed by atoms with Crippen molar-refractivity contribution in [1.29, 1.82) is 0 Å². The number of alkyl halides is 3. The zero-order valence-electron chi connectivity index (χ0n) is 16.7. The molecule has 1 fully saturated rings. The molecule has 2 unspecified atom stereocenters. The number of piperidine rings is 1. The second kappa shape index (κ2) is 10.6. The molecule has 1 aliphatic rings. The largest absolute Gasteiger partial charge is 0.508 e. The molecular weight excluding hydrogens is 409 g/mol. The summed E-state index contributed by atoms with van der Waals surface area (Å²) in [6.45, 7) is 4.37. The summed E-state index contributed by atoms with van der Waals surface area (Å²) >= 11 is 0. The summed E-state index contributed by atoms with van der Waals surface area (Å²) in [5, 5.41) is 35.6. The van der Waals surface area contributed by atoms with Crippen molar-refractivity contribution in [2.45, 2.75) is 45.0 Å². The summed E-state index contributed by atoms with van der Waals surface area (Å²) in [5.74, 6) is -2.81. The van der Waals surface area contributed by atoms with E-state index in [2.05, 4.69) is 0 Å². The van der Waals surface area contributed by atoms with Crippen molar-refractivity contribution in [2.24, 2.45) is 11.7 Å². The van der Waals surface area contributed by atoms with E-state index < -0.39 is 30.8 Å². The Morgan fingerprint density at radius 3 is 2.10 bits per heavy atom. The molecule has 2 rings (SSSR count). The second-order valence-corrected chi connectivity index (χ2v) is 7.19. The Labute approximate surface area is 171 Å². The Kier molecular flexibility index (Phi) is 9.07. The summed E-state index contributed by atoms with van der Waals surface area (Å²) in [5.41, 5.74) is 9.20. The van der Waals surface area contributed by atoms with Gasteiger partial charge in [0, 0.05) is 24.7 Å². The standard InChI is InChI=1S/C17H26N2O4.C2HF3O2/c1-10-7-13(14(21)8-11(10)2)16(18)12-3-5-19(6-4-12)17(23)15(22)9-20;3-2(4,5)1(6)7/h7-8,12,15-16,20-22H,3-6,9,18H2,1-2H3;(H,6,7). The molecule has 8 nitrogen and oxygen atoms in total. The van der Waals surface area contributed by atoms with E-state index in [0.29, 0.717) is 25.9 Å². The molecule has 0 aromatic heterocycles. The average molecular weight is 436 g/mol. The zero-order valence-corrected chi connectivity index (χ0v) is 16.7. The van der Waals surface area contributed by atoms with E-state index in [4.69, 9.17) is 20.7 Å². The maximum atomic E-state index is 11.9. The number of halogens is 3. The fourth-order valence-electron chi connectivity index (χ4n) is 3.11. The number of carboxylic acids is 1. The quantitative estimate of drug-likeness (QED) is 0.477. The van der Waals surface area contributed by atoms with Crippen LogP contribution in [-0.2, 0) is 9.59 Å². The van der Waals surface area contributed by atoms with Gasteiger partial charge in [-0.25, -0.2) is 4.79 Å². The maximum absolute atomic E-state index is 11.9. The van der Waals surface area contributed by atoms with Crippen LogP contribution in [0, 0.1) is 19.8 Å². The van der Waals surface area contributed by atoms with Gasteiger partial charge < -0.3 is 31.1 Å². The number of likely N-dealkylation sites (tertiary alicyclic amines) is 1. The molecule has 0 saturated carbocycles. The van der Waals surface area contributed by atoms with Crippen molar-refractivity contribution in [3.8, 4) is 5.75 Å². The van der Waals surface area contributed by atoms with Gasteiger partial charge in [-0.3, -0.25) is 4.79 Å². The number of hydrogen-bond donors (Lipinski definition) is 5. The van der Waals surface area contributed by atoms with E-state index in [9.17, 15) is 28.2 Å². The highest BCUT2D eigenvalue weighted by atomic mass is 19.4. The number of nitrogens with zero attached hydrogens (tertiary/aromatic N) is 1. The Morgan fingerprint density at radius 2 is 1.67 bits per heavy atom. The lowest BCUT2D eigenvalue weighted by atomic mass is 9.84. The Balaban J connectivity index is 0.000000553. The monoisotopic (exact) mass is 436 g/mol. The molecule has 2 atom stereocenters. The first-order valence-electron chi connectivity index (χ1n) is 9.23. The lowest BCUT2D eigenvalue weighted by Gasteiger charge is -2.35. The third-order valence-corrected chi connectivity index (χ3v) is 5.06. The van der Waals surface area contributed by atoms with Crippen molar-refractivity contribution in [3.63, 3.8) is 0 Å². The molecule has 1 aromatic rings. The summed E-state index contributed by atoms with van der Waals surface area (Å²) in [4.78, 5) is 22.3.